The summed E-state index contributed by atoms with van der Waals surface area (Å²) < 4.78 is 20.7. The van der Waals surface area contributed by atoms with Crippen LogP contribution in [0.25, 0.3) is 0 Å². The molecule has 0 saturated heterocycles. The van der Waals surface area contributed by atoms with Crippen molar-refractivity contribution in [2.75, 3.05) is 11.5 Å². The summed E-state index contributed by atoms with van der Waals surface area (Å²) in [7, 11) is 3.18. The molecule has 0 bridgehead atoms. The number of ether oxygens (including phenoxy) is 4. The van der Waals surface area contributed by atoms with Gasteiger partial charge in [-0.1, -0.05) is 47.9 Å². The third-order valence-electron chi connectivity index (χ3n) is 3.77. The van der Waals surface area contributed by atoms with Gasteiger partial charge in [-0.25, -0.2) is 19.2 Å². The van der Waals surface area contributed by atoms with E-state index in [0.29, 0.717) is 25.7 Å². The van der Waals surface area contributed by atoms with Crippen LogP contribution >= 0.6 is 21.6 Å². The first-order valence-corrected chi connectivity index (χ1v) is 13.0. The molecule has 8 nitrogen and oxygen atoms in total. The molecule has 0 aliphatic carbocycles. The Hall–Kier alpha value is -2.46. The maximum absolute atomic E-state index is 11.8. The van der Waals surface area contributed by atoms with Crippen LogP contribution < -0.4 is 0 Å². The average Bonchev–Trinajstić information content (AvgIpc) is 2.74. The van der Waals surface area contributed by atoms with Gasteiger partial charge in [0.25, 0.3) is 0 Å². The van der Waals surface area contributed by atoms with Gasteiger partial charge in [0.2, 0.25) is 12.6 Å². The third-order valence-corrected chi connectivity index (χ3v) is 6.34. The number of hydrogen-bond donors (Lipinski definition) is 0. The van der Waals surface area contributed by atoms with Crippen molar-refractivity contribution in [3.8, 4) is 0 Å². The number of carbonyl (C=O) groups is 4. The molecule has 0 aromatic carbocycles. The van der Waals surface area contributed by atoms with Crippen LogP contribution in [0, 0.1) is 0 Å². The van der Waals surface area contributed by atoms with E-state index in [1.165, 1.54) is 27.7 Å². The summed E-state index contributed by atoms with van der Waals surface area (Å²) >= 11 is 0. The van der Waals surface area contributed by atoms with E-state index >= 15 is 0 Å². The first-order valence-electron chi connectivity index (χ1n) is 10.6. The summed E-state index contributed by atoms with van der Waals surface area (Å²) in [6, 6.07) is 0. The molecular weight excluding hydrogens is 480 g/mol. The van der Waals surface area contributed by atoms with E-state index in [4.69, 9.17) is 18.9 Å². The topological polar surface area (TPSA) is 105 Å². The lowest BCUT2D eigenvalue weighted by Crippen LogP contribution is -2.25. The van der Waals surface area contributed by atoms with Gasteiger partial charge in [-0.05, 0) is 40.5 Å². The molecule has 190 valence electrons. The molecule has 0 radical (unpaired) electrons. The van der Waals surface area contributed by atoms with Gasteiger partial charge in [-0.3, -0.25) is 0 Å². The molecule has 0 aromatic heterocycles. The van der Waals surface area contributed by atoms with E-state index in [-0.39, 0.29) is 22.3 Å². The van der Waals surface area contributed by atoms with E-state index in [1.54, 1.807) is 21.6 Å². The largest absolute Gasteiger partial charge is 0.422 e. The van der Waals surface area contributed by atoms with Crippen molar-refractivity contribution in [2.45, 2.75) is 66.0 Å². The van der Waals surface area contributed by atoms with Crippen LogP contribution in [-0.2, 0) is 38.1 Å². The third kappa shape index (κ3) is 14.6. The Morgan fingerprint density at radius 1 is 0.559 bits per heavy atom. The van der Waals surface area contributed by atoms with Crippen LogP contribution in [0.1, 0.15) is 53.4 Å². The summed E-state index contributed by atoms with van der Waals surface area (Å²) in [6.07, 6.45) is -0.0891. The average molecular weight is 515 g/mol. The van der Waals surface area contributed by atoms with Crippen LogP contribution in [0.15, 0.2) is 48.6 Å². The predicted molar refractivity (Wildman–Crippen MR) is 135 cm³/mol. The molecule has 0 fully saturated rings. The highest BCUT2D eigenvalue weighted by atomic mass is 33.1. The van der Waals surface area contributed by atoms with E-state index < -0.39 is 36.5 Å². The zero-order chi connectivity index (χ0) is 26.3. The van der Waals surface area contributed by atoms with E-state index in [9.17, 15) is 19.2 Å². The summed E-state index contributed by atoms with van der Waals surface area (Å²) in [5, 5.41) is 0. The maximum Gasteiger partial charge on any atom is 0.336 e. The van der Waals surface area contributed by atoms with Crippen molar-refractivity contribution in [2.24, 2.45) is 0 Å². The zero-order valence-electron chi connectivity index (χ0n) is 20.3. The maximum atomic E-state index is 11.8. The molecule has 0 heterocycles. The van der Waals surface area contributed by atoms with Crippen LogP contribution in [0.3, 0.4) is 0 Å². The van der Waals surface area contributed by atoms with Crippen LogP contribution in [-0.4, -0.2) is 48.0 Å². The highest BCUT2D eigenvalue weighted by molar-refractivity contribution is 8.76. The second kappa shape index (κ2) is 17.0. The van der Waals surface area contributed by atoms with Crippen LogP contribution in [0.2, 0.25) is 0 Å². The second-order valence-corrected chi connectivity index (χ2v) is 10.2. The van der Waals surface area contributed by atoms with Crippen molar-refractivity contribution in [3.05, 3.63) is 48.6 Å². The molecule has 0 rings (SSSR count). The van der Waals surface area contributed by atoms with Gasteiger partial charge < -0.3 is 18.9 Å². The summed E-state index contributed by atoms with van der Waals surface area (Å²) in [6.45, 7) is 20.1. The molecule has 10 heteroatoms. The van der Waals surface area contributed by atoms with Crippen LogP contribution in [0.4, 0.5) is 0 Å². The van der Waals surface area contributed by atoms with Gasteiger partial charge >= 0.3 is 23.9 Å². The standard InChI is InChI=1S/C24H34O8S2/c1-15(2)21(25)29-19(30-22(26)16(3)4)11-9-13-33-34-14-10-12-20(31-23(27)17(5)6)32-24(28)18(7)8/h19-20H,1,3,5,7,9-14H2,2,4,6,8H3. The fourth-order valence-electron chi connectivity index (χ4n) is 1.90. The molecule has 0 aliphatic heterocycles. The van der Waals surface area contributed by atoms with Crippen molar-refractivity contribution >= 4 is 45.5 Å². The fraction of sp³-hybridized carbons (Fsp3) is 0.500. The van der Waals surface area contributed by atoms with Crippen molar-refractivity contribution in [1.29, 1.82) is 0 Å². The quantitative estimate of drug-likeness (QED) is 0.0860. The van der Waals surface area contributed by atoms with Crippen molar-refractivity contribution in [1.82, 2.24) is 0 Å². The van der Waals surface area contributed by atoms with Crippen molar-refractivity contribution in [3.63, 3.8) is 0 Å². The number of hydrogen-bond acceptors (Lipinski definition) is 10. The van der Waals surface area contributed by atoms with Gasteiger partial charge in [0.15, 0.2) is 0 Å². The molecule has 0 N–H and O–H groups in total. The monoisotopic (exact) mass is 514 g/mol. The molecule has 0 aromatic rings. The molecular formula is C24H34O8S2. The highest BCUT2D eigenvalue weighted by Crippen LogP contribution is 2.25. The lowest BCUT2D eigenvalue weighted by Gasteiger charge is -2.18. The molecule has 0 atom stereocenters. The Balaban J connectivity index is 4.40. The van der Waals surface area contributed by atoms with Crippen molar-refractivity contribution < 1.29 is 38.1 Å². The minimum atomic E-state index is -1.01. The lowest BCUT2D eigenvalue weighted by molar-refractivity contribution is -0.185. The Morgan fingerprint density at radius 3 is 1.00 bits per heavy atom. The molecule has 0 aliphatic rings. The number of rotatable bonds is 17. The summed E-state index contributed by atoms with van der Waals surface area (Å²) in [5.74, 6) is -1.08. The molecule has 0 unspecified atom stereocenters. The summed E-state index contributed by atoms with van der Waals surface area (Å²) in [5.41, 5.74) is 0.842. The fourth-order valence-corrected chi connectivity index (χ4v) is 4.12. The zero-order valence-corrected chi connectivity index (χ0v) is 21.9. The van der Waals surface area contributed by atoms with E-state index in [1.807, 2.05) is 0 Å². The second-order valence-electron chi connectivity index (χ2n) is 7.53. The molecule has 34 heavy (non-hydrogen) atoms. The first kappa shape index (κ1) is 31.5. The predicted octanol–water partition coefficient (Wildman–Crippen LogP) is 5.06. The summed E-state index contributed by atoms with van der Waals surface area (Å²) in [4.78, 5) is 47.0. The highest BCUT2D eigenvalue weighted by Gasteiger charge is 2.21. The molecule has 0 amide bonds. The van der Waals surface area contributed by atoms with Gasteiger partial charge in [0.05, 0.1) is 0 Å². The van der Waals surface area contributed by atoms with Gasteiger partial charge in [0.1, 0.15) is 0 Å². The van der Waals surface area contributed by atoms with Gasteiger partial charge in [-0.15, -0.1) is 0 Å². The minimum absolute atomic E-state index is 0.211. The Kier molecular flexibility index (Phi) is 15.8. The lowest BCUT2D eigenvalue weighted by atomic mass is 10.3. The molecule has 0 spiro atoms. The smallest absolute Gasteiger partial charge is 0.336 e. The van der Waals surface area contributed by atoms with Gasteiger partial charge in [0, 0.05) is 46.6 Å². The normalized spacial score (nSPS) is 10.4. The number of esters is 4. The van der Waals surface area contributed by atoms with E-state index in [2.05, 4.69) is 26.3 Å². The van der Waals surface area contributed by atoms with Crippen LogP contribution in [0.5, 0.6) is 0 Å². The molecule has 0 saturated carbocycles. The Labute approximate surface area is 209 Å². The van der Waals surface area contributed by atoms with Gasteiger partial charge in [-0.2, -0.15) is 0 Å². The first-order chi connectivity index (χ1) is 15.8. The SMILES string of the molecule is C=C(C)C(=O)OC(CCCSSCCCC(OC(=O)C(=C)C)OC(=O)C(=C)C)OC(=O)C(=C)C. The van der Waals surface area contributed by atoms with E-state index in [0.717, 1.165) is 11.5 Å². The minimum Gasteiger partial charge on any atom is -0.422 e. The number of carbonyl (C=O) groups excluding carboxylic acids is 4. The Morgan fingerprint density at radius 2 is 0.794 bits per heavy atom. The Bertz CT molecular complexity index is 681.